The van der Waals surface area contributed by atoms with Crippen LogP contribution in [0.1, 0.15) is 0 Å². The van der Waals surface area contributed by atoms with Crippen LogP contribution in [0.3, 0.4) is 0 Å². The lowest BCUT2D eigenvalue weighted by Gasteiger charge is -2.16. The number of halogens is 4. The molecule has 0 amide bonds. The standard InChI is InChI=1S/C12H8F4O2/c13-11(14)12(15,16)18-9-5-3-8(4-6-9)10-2-1-7-17-10/h1-7,11H. The molecular weight excluding hydrogens is 252 g/mol. The maximum atomic E-state index is 12.6. The molecule has 0 aliphatic carbocycles. The van der Waals surface area contributed by atoms with Crippen LogP contribution in [0.4, 0.5) is 17.6 Å². The van der Waals surface area contributed by atoms with Crippen LogP contribution in [0.15, 0.2) is 47.1 Å². The second-order valence-corrected chi connectivity index (χ2v) is 3.47. The van der Waals surface area contributed by atoms with E-state index in [-0.39, 0.29) is 5.75 Å². The van der Waals surface area contributed by atoms with Crippen molar-refractivity contribution in [3.05, 3.63) is 42.7 Å². The zero-order valence-corrected chi connectivity index (χ0v) is 8.95. The number of ether oxygens (including phenoxy) is 1. The molecule has 0 aliphatic heterocycles. The predicted molar refractivity (Wildman–Crippen MR) is 55.7 cm³/mol. The highest BCUT2D eigenvalue weighted by molar-refractivity contribution is 5.58. The van der Waals surface area contributed by atoms with Gasteiger partial charge >= 0.3 is 12.5 Å². The van der Waals surface area contributed by atoms with Crippen LogP contribution >= 0.6 is 0 Å². The van der Waals surface area contributed by atoms with Crippen LogP contribution in [-0.4, -0.2) is 12.5 Å². The van der Waals surface area contributed by atoms with Crippen molar-refractivity contribution >= 4 is 0 Å². The number of hydrogen-bond donors (Lipinski definition) is 0. The van der Waals surface area contributed by atoms with E-state index in [1.165, 1.54) is 30.5 Å². The highest BCUT2D eigenvalue weighted by Crippen LogP contribution is 2.29. The molecule has 0 bridgehead atoms. The van der Waals surface area contributed by atoms with Gasteiger partial charge in [-0.15, -0.1) is 0 Å². The van der Waals surface area contributed by atoms with Crippen LogP contribution in [-0.2, 0) is 0 Å². The zero-order chi connectivity index (χ0) is 13.2. The van der Waals surface area contributed by atoms with Crippen LogP contribution < -0.4 is 4.74 Å². The van der Waals surface area contributed by atoms with Crippen molar-refractivity contribution in [1.29, 1.82) is 0 Å². The smallest absolute Gasteiger partial charge is 0.461 e. The molecule has 0 saturated heterocycles. The van der Waals surface area contributed by atoms with Gasteiger partial charge in [0.25, 0.3) is 0 Å². The van der Waals surface area contributed by atoms with Crippen molar-refractivity contribution < 1.29 is 26.7 Å². The normalized spacial score (nSPS) is 11.8. The monoisotopic (exact) mass is 260 g/mol. The summed E-state index contributed by atoms with van der Waals surface area (Å²) >= 11 is 0. The largest absolute Gasteiger partial charge is 0.464 e. The summed E-state index contributed by atoms with van der Waals surface area (Å²) in [5, 5.41) is 0. The topological polar surface area (TPSA) is 22.4 Å². The molecule has 0 radical (unpaired) electrons. The maximum absolute atomic E-state index is 12.6. The van der Waals surface area contributed by atoms with Crippen molar-refractivity contribution in [2.24, 2.45) is 0 Å². The Bertz CT molecular complexity index is 491. The molecule has 0 fully saturated rings. The fourth-order valence-electron chi connectivity index (χ4n) is 1.33. The van der Waals surface area contributed by atoms with E-state index < -0.39 is 12.5 Å². The summed E-state index contributed by atoms with van der Waals surface area (Å²) in [5.41, 5.74) is 0.632. The van der Waals surface area contributed by atoms with E-state index in [1.807, 2.05) is 0 Å². The van der Waals surface area contributed by atoms with Crippen molar-refractivity contribution in [3.63, 3.8) is 0 Å². The molecule has 0 N–H and O–H groups in total. The Labute approximate surface area is 99.8 Å². The lowest BCUT2D eigenvalue weighted by Crippen LogP contribution is -2.33. The minimum atomic E-state index is -4.49. The van der Waals surface area contributed by atoms with Gasteiger partial charge in [0.1, 0.15) is 11.5 Å². The lowest BCUT2D eigenvalue weighted by atomic mass is 10.2. The molecule has 18 heavy (non-hydrogen) atoms. The second kappa shape index (κ2) is 4.72. The Balaban J connectivity index is 2.14. The van der Waals surface area contributed by atoms with Crippen molar-refractivity contribution in [2.75, 3.05) is 0 Å². The lowest BCUT2D eigenvalue weighted by molar-refractivity contribution is -0.253. The van der Waals surface area contributed by atoms with E-state index >= 15 is 0 Å². The van der Waals surface area contributed by atoms with E-state index in [4.69, 9.17) is 4.42 Å². The summed E-state index contributed by atoms with van der Waals surface area (Å²) in [4.78, 5) is 0. The van der Waals surface area contributed by atoms with Gasteiger partial charge in [-0.1, -0.05) is 0 Å². The van der Waals surface area contributed by atoms with E-state index in [1.54, 1.807) is 12.1 Å². The quantitative estimate of drug-likeness (QED) is 0.769. The minimum Gasteiger partial charge on any atom is -0.464 e. The highest BCUT2D eigenvalue weighted by Gasteiger charge is 2.43. The van der Waals surface area contributed by atoms with Gasteiger partial charge in [0.05, 0.1) is 6.26 Å². The molecule has 0 atom stereocenters. The summed E-state index contributed by atoms with van der Waals surface area (Å²) in [6.45, 7) is 0. The van der Waals surface area contributed by atoms with Gasteiger partial charge in [-0.05, 0) is 36.4 Å². The van der Waals surface area contributed by atoms with Crippen LogP contribution in [0.2, 0.25) is 0 Å². The first kappa shape index (κ1) is 12.5. The predicted octanol–water partition coefficient (Wildman–Crippen LogP) is 4.18. The Morgan fingerprint density at radius 2 is 1.72 bits per heavy atom. The van der Waals surface area contributed by atoms with Gasteiger partial charge in [-0.2, -0.15) is 17.6 Å². The number of rotatable bonds is 4. The Morgan fingerprint density at radius 1 is 1.06 bits per heavy atom. The second-order valence-electron chi connectivity index (χ2n) is 3.47. The molecule has 1 aromatic heterocycles. The first-order valence-corrected chi connectivity index (χ1v) is 4.98. The summed E-state index contributed by atoms with van der Waals surface area (Å²) in [7, 11) is 0. The van der Waals surface area contributed by atoms with E-state index in [2.05, 4.69) is 4.74 Å². The van der Waals surface area contributed by atoms with Gasteiger partial charge in [0.2, 0.25) is 0 Å². The fourth-order valence-corrected chi connectivity index (χ4v) is 1.33. The number of alkyl halides is 4. The van der Waals surface area contributed by atoms with Crippen molar-refractivity contribution in [1.82, 2.24) is 0 Å². The van der Waals surface area contributed by atoms with Gasteiger partial charge in [-0.3, -0.25) is 0 Å². The number of furan rings is 1. The molecule has 0 spiro atoms. The summed E-state index contributed by atoms with van der Waals surface area (Å²) < 4.78 is 58.1. The molecule has 0 saturated carbocycles. The van der Waals surface area contributed by atoms with Crippen LogP contribution in [0, 0.1) is 0 Å². The summed E-state index contributed by atoms with van der Waals surface area (Å²) in [5.74, 6) is 0.206. The maximum Gasteiger partial charge on any atom is 0.461 e. The van der Waals surface area contributed by atoms with Gasteiger partial charge in [0.15, 0.2) is 0 Å². The molecule has 1 aromatic carbocycles. The third-order valence-corrected chi connectivity index (χ3v) is 2.17. The molecule has 96 valence electrons. The molecule has 6 heteroatoms. The molecule has 2 nitrogen and oxygen atoms in total. The molecule has 1 heterocycles. The van der Waals surface area contributed by atoms with E-state index in [0.29, 0.717) is 11.3 Å². The molecule has 0 unspecified atom stereocenters. The zero-order valence-electron chi connectivity index (χ0n) is 8.95. The average molecular weight is 260 g/mol. The van der Waals surface area contributed by atoms with Crippen molar-refractivity contribution in [2.45, 2.75) is 12.5 Å². The van der Waals surface area contributed by atoms with Gasteiger partial charge in [0, 0.05) is 5.56 Å². The molecule has 2 aromatic rings. The SMILES string of the molecule is FC(F)C(F)(F)Oc1ccc(-c2ccco2)cc1. The average Bonchev–Trinajstić information content (AvgIpc) is 2.83. The third-order valence-electron chi connectivity index (χ3n) is 2.17. The van der Waals surface area contributed by atoms with E-state index in [9.17, 15) is 17.6 Å². The van der Waals surface area contributed by atoms with Gasteiger partial charge in [-0.25, -0.2) is 0 Å². The minimum absolute atomic E-state index is 0.337. The Kier molecular flexibility index (Phi) is 3.27. The Morgan fingerprint density at radius 3 is 2.22 bits per heavy atom. The number of hydrogen-bond acceptors (Lipinski definition) is 2. The van der Waals surface area contributed by atoms with E-state index in [0.717, 1.165) is 0 Å². The first-order valence-electron chi connectivity index (χ1n) is 4.98. The first-order chi connectivity index (χ1) is 8.49. The number of benzene rings is 1. The van der Waals surface area contributed by atoms with Crippen LogP contribution in [0.25, 0.3) is 11.3 Å². The van der Waals surface area contributed by atoms with Crippen LogP contribution in [0.5, 0.6) is 5.75 Å². The Hall–Kier alpha value is -1.98. The highest BCUT2D eigenvalue weighted by atomic mass is 19.3. The summed E-state index contributed by atoms with van der Waals surface area (Å²) in [6.07, 6.45) is -6.90. The summed E-state index contributed by atoms with van der Waals surface area (Å²) in [6, 6.07) is 8.59. The van der Waals surface area contributed by atoms with Gasteiger partial charge < -0.3 is 9.15 Å². The van der Waals surface area contributed by atoms with Crippen molar-refractivity contribution in [3.8, 4) is 17.1 Å². The molecule has 0 aliphatic rings. The molecular formula is C12H8F4O2. The molecule has 2 rings (SSSR count). The third kappa shape index (κ3) is 2.64. The fraction of sp³-hybridized carbons (Fsp3) is 0.167.